The summed E-state index contributed by atoms with van der Waals surface area (Å²) >= 11 is 0. The summed E-state index contributed by atoms with van der Waals surface area (Å²) in [6, 6.07) is 89.6. The van der Waals surface area contributed by atoms with Crippen LogP contribution in [0.5, 0.6) is 0 Å². The standard InChI is InChI=1S/C81H58N2O2/c1-79(2)63-44-52(37-40-56(63)70-65(79)46-60(77-72(70)58-27-15-19-31-68(58)84-77)49-35-33-48(34-36-49)47-21-9-7-10-22-47)82(51-39-42-67-61(43-51)54-25-14-18-30-66(54)83(67)50-23-11-8-12-24-50)53-38-41-57-64(45-53)81(5,6)76-74(57)78-73(59-28-16-20-32-69(59)85-78)71-55-26-13-17-29-62(55)80(3,4)75(71)76/h7-46H,1-6H3. The van der Waals surface area contributed by atoms with Crippen LogP contribution in [0, 0.1) is 0 Å². The number of anilines is 3. The number of para-hydroxylation sites is 4. The molecule has 3 aliphatic carbocycles. The van der Waals surface area contributed by atoms with E-state index in [0.29, 0.717) is 0 Å². The largest absolute Gasteiger partial charge is 0.455 e. The highest BCUT2D eigenvalue weighted by Crippen LogP contribution is 2.64. The predicted molar refractivity (Wildman–Crippen MR) is 354 cm³/mol. The molecule has 12 aromatic carbocycles. The van der Waals surface area contributed by atoms with Crippen LogP contribution in [0.1, 0.15) is 74.9 Å². The van der Waals surface area contributed by atoms with Crippen molar-refractivity contribution in [3.05, 3.63) is 276 Å². The average Bonchev–Trinajstić information content (AvgIpc) is 1.71. The number of nitrogens with zero attached hydrogens (tertiary/aromatic N) is 2. The Balaban J connectivity index is 0.860. The molecule has 0 unspecified atom stereocenters. The van der Waals surface area contributed by atoms with E-state index in [0.717, 1.165) is 61.6 Å². The lowest BCUT2D eigenvalue weighted by atomic mass is 9.72. The molecule has 0 radical (unpaired) electrons. The summed E-state index contributed by atoms with van der Waals surface area (Å²) in [5.74, 6) is 0. The van der Waals surface area contributed by atoms with Crippen molar-refractivity contribution >= 4 is 82.7 Å². The quantitative estimate of drug-likeness (QED) is 0.166. The molecule has 0 amide bonds. The van der Waals surface area contributed by atoms with Gasteiger partial charge in [-0.2, -0.15) is 0 Å². The van der Waals surface area contributed by atoms with E-state index in [-0.39, 0.29) is 10.8 Å². The van der Waals surface area contributed by atoms with E-state index in [1.165, 1.54) is 116 Å². The van der Waals surface area contributed by atoms with Gasteiger partial charge in [0.2, 0.25) is 0 Å². The van der Waals surface area contributed by atoms with Gasteiger partial charge in [-0.3, -0.25) is 0 Å². The van der Waals surface area contributed by atoms with Crippen LogP contribution >= 0.6 is 0 Å². The third-order valence-corrected chi connectivity index (χ3v) is 19.9. The third kappa shape index (κ3) is 6.46. The maximum absolute atomic E-state index is 7.15. The lowest BCUT2D eigenvalue weighted by molar-refractivity contribution is 0.600. The predicted octanol–water partition coefficient (Wildman–Crippen LogP) is 22.3. The summed E-state index contributed by atoms with van der Waals surface area (Å²) in [4.78, 5) is 2.52. The maximum Gasteiger partial charge on any atom is 0.144 e. The van der Waals surface area contributed by atoms with Crippen molar-refractivity contribution in [2.45, 2.75) is 57.8 Å². The molecular formula is C81H58N2O2. The zero-order valence-corrected chi connectivity index (χ0v) is 48.3. The SMILES string of the molecule is CC1(C)c2cc(N(c3ccc4c(c3)C(C)(C)c3c5c(c6c(oc7ccccc76)c3-4)-c3ccccc3C5(C)C)c3ccc4c(c3)c3ccccc3n4-c3ccccc3)ccc2-c2c1cc(-c1ccc(-c3ccccc3)cc1)c1oc3ccccc3c21. The first kappa shape index (κ1) is 48.4. The van der Waals surface area contributed by atoms with Gasteiger partial charge >= 0.3 is 0 Å². The number of rotatable bonds is 6. The monoisotopic (exact) mass is 1090 g/mol. The van der Waals surface area contributed by atoms with Crippen LogP contribution in [0.15, 0.2) is 251 Å². The second kappa shape index (κ2) is 17.0. The van der Waals surface area contributed by atoms with Gasteiger partial charge in [-0.1, -0.05) is 205 Å². The highest BCUT2D eigenvalue weighted by Gasteiger charge is 2.49. The van der Waals surface area contributed by atoms with Crippen molar-refractivity contribution in [1.29, 1.82) is 0 Å². The van der Waals surface area contributed by atoms with Gasteiger partial charge in [0.15, 0.2) is 0 Å². The Morgan fingerprint density at radius 2 is 0.812 bits per heavy atom. The molecule has 0 saturated heterocycles. The Morgan fingerprint density at radius 3 is 1.53 bits per heavy atom. The van der Waals surface area contributed by atoms with E-state index in [2.05, 4.69) is 294 Å². The third-order valence-electron chi connectivity index (χ3n) is 19.9. The van der Waals surface area contributed by atoms with Crippen molar-refractivity contribution in [3.63, 3.8) is 0 Å². The van der Waals surface area contributed by atoms with Gasteiger partial charge in [0, 0.05) is 82.4 Å². The van der Waals surface area contributed by atoms with Gasteiger partial charge in [-0.05, 0) is 157 Å². The van der Waals surface area contributed by atoms with Crippen molar-refractivity contribution in [2.24, 2.45) is 0 Å². The Bertz CT molecular complexity index is 5380. The minimum Gasteiger partial charge on any atom is -0.455 e. The molecule has 3 aliphatic rings. The Hall–Kier alpha value is -10.2. The van der Waals surface area contributed by atoms with Gasteiger partial charge < -0.3 is 18.3 Å². The zero-order valence-electron chi connectivity index (χ0n) is 48.3. The summed E-state index contributed by atoms with van der Waals surface area (Å²) in [7, 11) is 0. The van der Waals surface area contributed by atoms with Crippen LogP contribution in [0.4, 0.5) is 17.1 Å². The van der Waals surface area contributed by atoms with Crippen molar-refractivity contribution < 1.29 is 8.83 Å². The topological polar surface area (TPSA) is 34.5 Å². The molecule has 3 heterocycles. The molecule has 404 valence electrons. The first-order chi connectivity index (χ1) is 41.4. The molecular weight excluding hydrogens is 1030 g/mol. The van der Waals surface area contributed by atoms with Gasteiger partial charge in [0.05, 0.1) is 11.0 Å². The number of aromatic nitrogens is 1. The smallest absolute Gasteiger partial charge is 0.144 e. The van der Waals surface area contributed by atoms with Crippen molar-refractivity contribution in [1.82, 2.24) is 4.57 Å². The van der Waals surface area contributed by atoms with E-state index >= 15 is 0 Å². The maximum atomic E-state index is 7.15. The summed E-state index contributed by atoms with van der Waals surface area (Å²) in [6.07, 6.45) is 0. The summed E-state index contributed by atoms with van der Waals surface area (Å²) in [6.45, 7) is 14.6. The summed E-state index contributed by atoms with van der Waals surface area (Å²) in [5, 5.41) is 7.10. The summed E-state index contributed by atoms with van der Waals surface area (Å²) < 4.78 is 16.5. The Morgan fingerprint density at radius 1 is 0.318 bits per heavy atom. The van der Waals surface area contributed by atoms with Crippen molar-refractivity contribution in [2.75, 3.05) is 4.90 Å². The molecule has 0 atom stereocenters. The van der Waals surface area contributed by atoms with E-state index in [4.69, 9.17) is 8.83 Å². The fraction of sp³-hybridized carbons (Fsp3) is 0.111. The first-order valence-corrected chi connectivity index (χ1v) is 29.9. The molecule has 0 bridgehead atoms. The van der Waals surface area contributed by atoms with Crippen LogP contribution in [-0.4, -0.2) is 4.57 Å². The zero-order chi connectivity index (χ0) is 56.8. The molecule has 0 fully saturated rings. The fourth-order valence-corrected chi connectivity index (χ4v) is 16.0. The first-order valence-electron chi connectivity index (χ1n) is 29.9. The van der Waals surface area contributed by atoms with E-state index in [1.807, 2.05) is 0 Å². The molecule has 18 rings (SSSR count). The highest BCUT2D eigenvalue weighted by atomic mass is 16.3. The van der Waals surface area contributed by atoms with Gasteiger partial charge in [0.25, 0.3) is 0 Å². The molecule has 0 saturated carbocycles. The molecule has 85 heavy (non-hydrogen) atoms. The summed E-state index contributed by atoms with van der Waals surface area (Å²) in [5.41, 5.74) is 29.7. The van der Waals surface area contributed by atoms with Crippen LogP contribution in [0.3, 0.4) is 0 Å². The number of furan rings is 2. The van der Waals surface area contributed by atoms with E-state index in [1.54, 1.807) is 0 Å². The average molecular weight is 1090 g/mol. The Labute approximate surface area is 493 Å². The molecule has 0 N–H and O–H groups in total. The van der Waals surface area contributed by atoms with Gasteiger partial charge in [-0.25, -0.2) is 0 Å². The molecule has 4 nitrogen and oxygen atoms in total. The molecule has 3 aromatic heterocycles. The lowest BCUT2D eigenvalue weighted by Crippen LogP contribution is -2.24. The number of fused-ring (bicyclic) bond motifs is 22. The molecule has 15 aromatic rings. The number of benzene rings is 12. The Kier molecular flexibility index (Phi) is 9.67. The van der Waals surface area contributed by atoms with Crippen molar-refractivity contribution in [3.8, 4) is 61.3 Å². The van der Waals surface area contributed by atoms with Crippen LogP contribution < -0.4 is 4.90 Å². The normalized spacial score (nSPS) is 14.8. The van der Waals surface area contributed by atoms with E-state index < -0.39 is 5.41 Å². The van der Waals surface area contributed by atoms with Gasteiger partial charge in [0.1, 0.15) is 22.3 Å². The lowest BCUT2D eigenvalue weighted by Gasteiger charge is -2.32. The molecule has 4 heteroatoms. The van der Waals surface area contributed by atoms with Gasteiger partial charge in [-0.15, -0.1) is 0 Å². The molecule has 0 spiro atoms. The minimum atomic E-state index is -0.393. The number of hydrogen-bond donors (Lipinski definition) is 0. The fourth-order valence-electron chi connectivity index (χ4n) is 16.0. The van der Waals surface area contributed by atoms with Crippen LogP contribution in [0.25, 0.3) is 127 Å². The number of hydrogen-bond acceptors (Lipinski definition) is 3. The molecule has 0 aliphatic heterocycles. The van der Waals surface area contributed by atoms with Crippen LogP contribution in [0.2, 0.25) is 0 Å². The second-order valence-electron chi connectivity index (χ2n) is 25.5. The van der Waals surface area contributed by atoms with E-state index in [9.17, 15) is 0 Å². The van der Waals surface area contributed by atoms with Crippen LogP contribution in [-0.2, 0) is 16.2 Å². The highest BCUT2D eigenvalue weighted by molar-refractivity contribution is 6.22. The second-order valence-corrected chi connectivity index (χ2v) is 25.5. The minimum absolute atomic E-state index is 0.248.